The third-order valence-corrected chi connectivity index (χ3v) is 1.64. The van der Waals surface area contributed by atoms with Crippen molar-refractivity contribution in [3.8, 4) is 0 Å². The minimum atomic E-state index is -1.82. The van der Waals surface area contributed by atoms with E-state index < -0.39 is 23.8 Å². The fourth-order valence-corrected chi connectivity index (χ4v) is 0.799. The molecule has 0 aromatic heterocycles. The van der Waals surface area contributed by atoms with Gasteiger partial charge in [-0.15, -0.1) is 0 Å². The highest BCUT2D eigenvalue weighted by atomic mass is 16.4. The van der Waals surface area contributed by atoms with Crippen molar-refractivity contribution in [2.24, 2.45) is 11.5 Å². The lowest BCUT2D eigenvalue weighted by atomic mass is 10.1. The number of primary amides is 2. The van der Waals surface area contributed by atoms with Gasteiger partial charge in [0.2, 0.25) is 11.8 Å². The number of benzene rings is 1. The lowest BCUT2D eigenvalue weighted by Gasteiger charge is -1.96. The predicted octanol–water partition coefficient (Wildman–Crippen LogP) is -0.960. The van der Waals surface area contributed by atoms with Crippen LogP contribution in [-0.4, -0.2) is 34.0 Å². The first kappa shape index (κ1) is 15.1. The van der Waals surface area contributed by atoms with Gasteiger partial charge in [-0.1, -0.05) is 0 Å². The maximum absolute atomic E-state index is 10.6. The van der Waals surface area contributed by atoms with Gasteiger partial charge in [0, 0.05) is 11.1 Å². The molecule has 96 valence electrons. The van der Waals surface area contributed by atoms with Gasteiger partial charge in [0.15, 0.2) is 0 Å². The van der Waals surface area contributed by atoms with E-state index in [0.29, 0.717) is 11.1 Å². The molecule has 0 fully saturated rings. The second-order valence-electron chi connectivity index (χ2n) is 2.92. The van der Waals surface area contributed by atoms with E-state index in [2.05, 4.69) is 0 Å². The van der Waals surface area contributed by atoms with E-state index in [-0.39, 0.29) is 0 Å². The molecule has 0 bridgehead atoms. The predicted molar refractivity (Wildman–Crippen MR) is 58.7 cm³/mol. The molecule has 0 unspecified atom stereocenters. The Morgan fingerprint density at radius 1 is 0.722 bits per heavy atom. The average molecular weight is 254 g/mol. The number of carboxylic acids is 2. The number of carbonyl (C=O) groups excluding carboxylic acids is 2. The van der Waals surface area contributed by atoms with Gasteiger partial charge in [-0.25, -0.2) is 9.59 Å². The molecule has 18 heavy (non-hydrogen) atoms. The molecule has 8 heteroatoms. The number of carboxylic acid groups (broad SMARTS) is 2. The first-order chi connectivity index (χ1) is 8.25. The zero-order valence-electron chi connectivity index (χ0n) is 8.99. The van der Waals surface area contributed by atoms with Crippen LogP contribution in [0.25, 0.3) is 0 Å². The van der Waals surface area contributed by atoms with E-state index in [0.717, 1.165) is 0 Å². The summed E-state index contributed by atoms with van der Waals surface area (Å²) in [6.07, 6.45) is 0. The summed E-state index contributed by atoms with van der Waals surface area (Å²) >= 11 is 0. The van der Waals surface area contributed by atoms with Crippen molar-refractivity contribution in [3.05, 3.63) is 35.4 Å². The highest BCUT2D eigenvalue weighted by Gasteiger charge is 2.04. The first-order valence-corrected chi connectivity index (χ1v) is 4.41. The van der Waals surface area contributed by atoms with Crippen LogP contribution < -0.4 is 11.5 Å². The third-order valence-electron chi connectivity index (χ3n) is 1.64. The van der Waals surface area contributed by atoms with Crippen LogP contribution in [0.3, 0.4) is 0 Å². The van der Waals surface area contributed by atoms with Crippen molar-refractivity contribution in [2.45, 2.75) is 0 Å². The summed E-state index contributed by atoms with van der Waals surface area (Å²) in [4.78, 5) is 39.4. The Morgan fingerprint density at radius 3 is 1.06 bits per heavy atom. The molecule has 0 aliphatic carbocycles. The van der Waals surface area contributed by atoms with Gasteiger partial charge in [0.1, 0.15) is 0 Å². The number of carbonyl (C=O) groups is 4. The summed E-state index contributed by atoms with van der Waals surface area (Å²) in [6.45, 7) is 0. The smallest absolute Gasteiger partial charge is 0.414 e. The van der Waals surface area contributed by atoms with Gasteiger partial charge in [0.25, 0.3) is 0 Å². The Labute approximate surface area is 101 Å². The van der Waals surface area contributed by atoms with Gasteiger partial charge >= 0.3 is 11.9 Å². The largest absolute Gasteiger partial charge is 0.473 e. The van der Waals surface area contributed by atoms with Crippen LogP contribution in [0.1, 0.15) is 20.7 Å². The highest BCUT2D eigenvalue weighted by Crippen LogP contribution is 2.02. The summed E-state index contributed by atoms with van der Waals surface area (Å²) in [7, 11) is 0. The molecule has 0 aliphatic rings. The lowest BCUT2D eigenvalue weighted by molar-refractivity contribution is -0.159. The van der Waals surface area contributed by atoms with Crippen molar-refractivity contribution in [3.63, 3.8) is 0 Å². The Balaban J connectivity index is 0.000000411. The van der Waals surface area contributed by atoms with Gasteiger partial charge in [-0.2, -0.15) is 0 Å². The van der Waals surface area contributed by atoms with Crippen LogP contribution in [0.15, 0.2) is 24.3 Å². The normalized spacial score (nSPS) is 8.67. The highest BCUT2D eigenvalue weighted by molar-refractivity contribution is 6.27. The Hall–Kier alpha value is -2.90. The number of hydrogen-bond acceptors (Lipinski definition) is 4. The second-order valence-corrected chi connectivity index (χ2v) is 2.92. The average Bonchev–Trinajstić information content (AvgIpc) is 2.29. The molecule has 0 radical (unpaired) electrons. The molecule has 1 aromatic carbocycles. The SMILES string of the molecule is NC(=O)c1ccc(C(N)=O)cc1.O=C(O)C(=O)O. The van der Waals surface area contributed by atoms with Gasteiger partial charge in [0.05, 0.1) is 0 Å². The molecule has 0 atom stereocenters. The van der Waals surface area contributed by atoms with Crippen molar-refractivity contribution >= 4 is 23.8 Å². The molecular formula is C10H10N2O6. The van der Waals surface area contributed by atoms with Crippen molar-refractivity contribution < 1.29 is 29.4 Å². The molecule has 6 N–H and O–H groups in total. The van der Waals surface area contributed by atoms with Gasteiger partial charge in [-0.05, 0) is 24.3 Å². The number of hydrogen-bond donors (Lipinski definition) is 4. The zero-order chi connectivity index (χ0) is 14.3. The maximum atomic E-state index is 10.6. The fraction of sp³-hybridized carbons (Fsp3) is 0. The molecule has 0 saturated carbocycles. The molecular weight excluding hydrogens is 244 g/mol. The second kappa shape index (κ2) is 6.63. The van der Waals surface area contributed by atoms with E-state index in [4.69, 9.17) is 31.3 Å². The standard InChI is InChI=1S/C8H8N2O2.C2H2O4/c9-7(11)5-1-2-6(4-3-5)8(10)12;3-1(4)2(5)6/h1-4H,(H2,9,11)(H2,10,12);(H,3,4)(H,5,6). The number of amides is 2. The molecule has 0 saturated heterocycles. The van der Waals surface area contributed by atoms with E-state index in [1.54, 1.807) is 0 Å². The summed E-state index contributed by atoms with van der Waals surface area (Å²) in [5.74, 6) is -4.69. The quantitative estimate of drug-likeness (QED) is 0.497. The van der Waals surface area contributed by atoms with Crippen molar-refractivity contribution in [1.82, 2.24) is 0 Å². The zero-order valence-corrected chi connectivity index (χ0v) is 8.99. The van der Waals surface area contributed by atoms with Crippen LogP contribution in [0.5, 0.6) is 0 Å². The molecule has 0 spiro atoms. The molecule has 2 amide bonds. The molecule has 0 aliphatic heterocycles. The van der Waals surface area contributed by atoms with E-state index >= 15 is 0 Å². The van der Waals surface area contributed by atoms with Crippen molar-refractivity contribution in [1.29, 1.82) is 0 Å². The van der Waals surface area contributed by atoms with Gasteiger partial charge < -0.3 is 21.7 Å². The summed E-state index contributed by atoms with van der Waals surface area (Å²) in [5, 5.41) is 14.8. The third kappa shape index (κ3) is 5.26. The Bertz CT molecular complexity index is 435. The summed E-state index contributed by atoms with van der Waals surface area (Å²) < 4.78 is 0. The minimum Gasteiger partial charge on any atom is -0.473 e. The van der Waals surface area contributed by atoms with Crippen LogP contribution in [0.4, 0.5) is 0 Å². The minimum absolute atomic E-state index is 0.361. The topological polar surface area (TPSA) is 161 Å². The molecule has 1 rings (SSSR count). The van der Waals surface area contributed by atoms with E-state index in [1.165, 1.54) is 24.3 Å². The lowest BCUT2D eigenvalue weighted by Crippen LogP contribution is -2.13. The molecule has 0 heterocycles. The van der Waals surface area contributed by atoms with Crippen LogP contribution in [0.2, 0.25) is 0 Å². The molecule has 8 nitrogen and oxygen atoms in total. The summed E-state index contributed by atoms with van der Waals surface area (Å²) in [6, 6.07) is 5.84. The maximum Gasteiger partial charge on any atom is 0.414 e. The Morgan fingerprint density at radius 2 is 0.944 bits per heavy atom. The number of nitrogens with two attached hydrogens (primary N) is 2. The monoisotopic (exact) mass is 254 g/mol. The first-order valence-electron chi connectivity index (χ1n) is 4.41. The number of rotatable bonds is 2. The fourth-order valence-electron chi connectivity index (χ4n) is 0.799. The van der Waals surface area contributed by atoms with Crippen LogP contribution in [-0.2, 0) is 9.59 Å². The van der Waals surface area contributed by atoms with Crippen LogP contribution in [0, 0.1) is 0 Å². The number of aliphatic carboxylic acids is 2. The Kier molecular flexibility index (Phi) is 5.56. The molecule has 1 aromatic rings. The van der Waals surface area contributed by atoms with E-state index in [1.807, 2.05) is 0 Å². The van der Waals surface area contributed by atoms with Crippen molar-refractivity contribution in [2.75, 3.05) is 0 Å². The summed E-state index contributed by atoms with van der Waals surface area (Å²) in [5.41, 5.74) is 10.7. The van der Waals surface area contributed by atoms with Gasteiger partial charge in [-0.3, -0.25) is 9.59 Å². The van der Waals surface area contributed by atoms with E-state index in [9.17, 15) is 9.59 Å². The van der Waals surface area contributed by atoms with Crippen LogP contribution >= 0.6 is 0 Å².